The van der Waals surface area contributed by atoms with Gasteiger partial charge in [-0.1, -0.05) is 36.6 Å². The van der Waals surface area contributed by atoms with Gasteiger partial charge in [0.05, 0.1) is 12.1 Å². The fraction of sp³-hybridized carbons (Fsp3) is 0.500. The average molecular weight is 360 g/mol. The molecule has 7 heteroatoms. The summed E-state index contributed by atoms with van der Waals surface area (Å²) in [5, 5.41) is 20.1. The van der Waals surface area contributed by atoms with Crippen molar-refractivity contribution in [2.45, 2.75) is 57.7 Å². The van der Waals surface area contributed by atoms with Crippen LogP contribution in [-0.2, 0) is 11.3 Å². The number of aliphatic hydroxyl groups excluding tert-OH is 1. The van der Waals surface area contributed by atoms with E-state index in [1.807, 2.05) is 35.8 Å². The van der Waals surface area contributed by atoms with Crippen molar-refractivity contribution in [2.75, 3.05) is 0 Å². The third-order valence-electron chi connectivity index (χ3n) is 4.67. The second-order valence-electron chi connectivity index (χ2n) is 6.65. The van der Waals surface area contributed by atoms with Crippen LogP contribution in [0.3, 0.4) is 0 Å². The highest BCUT2D eigenvalue weighted by molar-refractivity contribution is 7.71. The van der Waals surface area contributed by atoms with Gasteiger partial charge in [0.15, 0.2) is 10.6 Å². The Morgan fingerprint density at radius 1 is 1.44 bits per heavy atom. The van der Waals surface area contributed by atoms with Gasteiger partial charge < -0.3 is 10.4 Å². The van der Waals surface area contributed by atoms with E-state index in [1.165, 1.54) is 0 Å². The third kappa shape index (κ3) is 4.35. The molecule has 25 heavy (non-hydrogen) atoms. The predicted molar refractivity (Wildman–Crippen MR) is 98.6 cm³/mol. The largest absolute Gasteiger partial charge is 0.391 e. The highest BCUT2D eigenvalue weighted by Crippen LogP contribution is 2.20. The van der Waals surface area contributed by atoms with E-state index < -0.39 is 6.10 Å². The summed E-state index contributed by atoms with van der Waals surface area (Å²) in [7, 11) is 0. The topological polar surface area (TPSA) is 82.9 Å². The molecule has 0 saturated heterocycles. The van der Waals surface area contributed by atoms with Gasteiger partial charge in [0.1, 0.15) is 0 Å². The smallest absolute Gasteiger partial charge is 0.222 e. The van der Waals surface area contributed by atoms with Gasteiger partial charge in [0.2, 0.25) is 5.91 Å². The maximum absolute atomic E-state index is 12.3. The molecule has 0 bridgehead atoms. The van der Waals surface area contributed by atoms with E-state index >= 15 is 0 Å². The van der Waals surface area contributed by atoms with Crippen molar-refractivity contribution in [1.29, 1.82) is 0 Å². The number of amides is 1. The first-order valence-electron chi connectivity index (χ1n) is 8.74. The summed E-state index contributed by atoms with van der Waals surface area (Å²) in [6.07, 6.45) is 3.54. The van der Waals surface area contributed by atoms with Crippen LogP contribution in [0.1, 0.15) is 37.7 Å². The molecule has 2 atom stereocenters. The van der Waals surface area contributed by atoms with Crippen molar-refractivity contribution in [3.05, 3.63) is 34.6 Å². The molecular weight excluding hydrogens is 336 g/mol. The molecule has 0 radical (unpaired) electrons. The van der Waals surface area contributed by atoms with Gasteiger partial charge in [-0.15, -0.1) is 0 Å². The van der Waals surface area contributed by atoms with Crippen LogP contribution in [0.4, 0.5) is 0 Å². The van der Waals surface area contributed by atoms with E-state index in [0.717, 1.165) is 42.6 Å². The Morgan fingerprint density at radius 2 is 2.24 bits per heavy atom. The van der Waals surface area contributed by atoms with E-state index in [4.69, 9.17) is 12.2 Å². The van der Waals surface area contributed by atoms with Gasteiger partial charge in [0.25, 0.3) is 0 Å². The number of rotatable bonds is 5. The number of aromatic nitrogens is 3. The number of nitrogens with one attached hydrogen (secondary N) is 2. The molecule has 134 valence electrons. The minimum atomic E-state index is -0.434. The van der Waals surface area contributed by atoms with Gasteiger partial charge in [-0.2, -0.15) is 5.10 Å². The Hall–Kier alpha value is -1.99. The zero-order valence-electron chi connectivity index (χ0n) is 14.4. The molecule has 1 fully saturated rings. The zero-order valence-corrected chi connectivity index (χ0v) is 15.2. The molecule has 1 amide bonds. The number of carbonyl (C=O) groups is 1. The van der Waals surface area contributed by atoms with Crippen LogP contribution in [0.5, 0.6) is 0 Å². The van der Waals surface area contributed by atoms with Crippen molar-refractivity contribution < 1.29 is 9.90 Å². The Bertz CT molecular complexity index is 798. The molecule has 1 aliphatic rings. The van der Waals surface area contributed by atoms with Crippen LogP contribution >= 0.6 is 12.2 Å². The average Bonchev–Trinajstić information content (AvgIpc) is 2.96. The van der Waals surface area contributed by atoms with Gasteiger partial charge in [-0.3, -0.25) is 14.5 Å². The summed E-state index contributed by atoms with van der Waals surface area (Å²) in [4.78, 5) is 12.3. The number of nitrogens with zero attached hydrogens (tertiary/aromatic N) is 2. The molecule has 2 aromatic rings. The van der Waals surface area contributed by atoms with Crippen molar-refractivity contribution in [3.63, 3.8) is 0 Å². The first-order valence-corrected chi connectivity index (χ1v) is 9.15. The Morgan fingerprint density at radius 3 is 3.00 bits per heavy atom. The van der Waals surface area contributed by atoms with Gasteiger partial charge in [-0.05, 0) is 38.0 Å². The summed E-state index contributed by atoms with van der Waals surface area (Å²) >= 11 is 5.31. The number of benzene rings is 1. The van der Waals surface area contributed by atoms with Crippen LogP contribution < -0.4 is 5.32 Å². The van der Waals surface area contributed by atoms with Crippen molar-refractivity contribution in [1.82, 2.24) is 20.1 Å². The quantitative estimate of drug-likeness (QED) is 0.716. The standard InChI is InChI=1S/C18H24N4O2S/c1-12-5-4-6-13(11-12)17-20-21-18(25)22(17)10-9-16(24)19-14-7-2-3-8-15(14)23/h4-6,11,14-15,23H,2-3,7-10H2,1H3,(H,19,24)(H,21,25)/t14-,15-/m1/s1. The van der Waals surface area contributed by atoms with Gasteiger partial charge in [-0.25, -0.2) is 0 Å². The molecule has 1 aromatic heterocycles. The molecule has 3 rings (SSSR count). The Labute approximate surface area is 152 Å². The second kappa shape index (κ2) is 7.93. The lowest BCUT2D eigenvalue weighted by Crippen LogP contribution is -2.45. The normalized spacial score (nSPS) is 20.4. The molecule has 0 unspecified atom stereocenters. The second-order valence-corrected chi connectivity index (χ2v) is 7.04. The van der Waals surface area contributed by atoms with E-state index in [9.17, 15) is 9.90 Å². The van der Waals surface area contributed by atoms with Crippen molar-refractivity contribution in [3.8, 4) is 11.4 Å². The number of aromatic amines is 1. The molecule has 6 nitrogen and oxygen atoms in total. The molecule has 1 aromatic carbocycles. The molecule has 1 heterocycles. The Balaban J connectivity index is 1.66. The maximum Gasteiger partial charge on any atom is 0.222 e. The van der Waals surface area contributed by atoms with Gasteiger partial charge >= 0.3 is 0 Å². The summed E-state index contributed by atoms with van der Waals surface area (Å²) in [6, 6.07) is 7.89. The maximum atomic E-state index is 12.3. The highest BCUT2D eigenvalue weighted by Gasteiger charge is 2.24. The number of aliphatic hydroxyl groups is 1. The van der Waals surface area contributed by atoms with Crippen molar-refractivity contribution >= 4 is 18.1 Å². The molecule has 0 aliphatic heterocycles. The number of H-pyrrole nitrogens is 1. The molecule has 3 N–H and O–H groups in total. The number of hydrogen-bond acceptors (Lipinski definition) is 4. The van der Waals surface area contributed by atoms with E-state index in [2.05, 4.69) is 15.5 Å². The first-order chi connectivity index (χ1) is 12.0. The summed E-state index contributed by atoms with van der Waals surface area (Å²) < 4.78 is 2.35. The minimum Gasteiger partial charge on any atom is -0.391 e. The van der Waals surface area contributed by atoms with Crippen LogP contribution in [0.25, 0.3) is 11.4 Å². The fourth-order valence-electron chi connectivity index (χ4n) is 3.30. The predicted octanol–water partition coefficient (Wildman–Crippen LogP) is 2.73. The zero-order chi connectivity index (χ0) is 17.8. The number of carbonyl (C=O) groups excluding carboxylic acids is 1. The minimum absolute atomic E-state index is 0.0655. The van der Waals surface area contributed by atoms with Crippen molar-refractivity contribution in [2.24, 2.45) is 0 Å². The van der Waals surface area contributed by atoms with Crippen LogP contribution in [0, 0.1) is 11.7 Å². The lowest BCUT2D eigenvalue weighted by atomic mass is 9.92. The monoisotopic (exact) mass is 360 g/mol. The molecule has 0 spiro atoms. The number of aryl methyl sites for hydroxylation is 1. The third-order valence-corrected chi connectivity index (χ3v) is 4.98. The van der Waals surface area contributed by atoms with E-state index in [1.54, 1.807) is 0 Å². The number of hydrogen-bond donors (Lipinski definition) is 3. The SMILES string of the molecule is Cc1cccc(-c2n[nH]c(=S)n2CCC(=O)N[C@@H]2CCCC[C@H]2O)c1. The van der Waals surface area contributed by atoms with Gasteiger partial charge in [0, 0.05) is 18.5 Å². The lowest BCUT2D eigenvalue weighted by Gasteiger charge is -2.28. The Kier molecular flexibility index (Phi) is 5.65. The van der Waals surface area contributed by atoms with Crippen LogP contribution in [0.15, 0.2) is 24.3 Å². The first kappa shape index (κ1) is 17.8. The van der Waals surface area contributed by atoms with Crippen LogP contribution in [0.2, 0.25) is 0 Å². The molecule has 1 aliphatic carbocycles. The van der Waals surface area contributed by atoms with Crippen LogP contribution in [-0.4, -0.2) is 37.9 Å². The molecular formula is C18H24N4O2S. The summed E-state index contributed by atoms with van der Waals surface area (Å²) in [6.45, 7) is 2.48. The summed E-state index contributed by atoms with van der Waals surface area (Å²) in [5.41, 5.74) is 2.11. The lowest BCUT2D eigenvalue weighted by molar-refractivity contribution is -0.123. The molecule has 1 saturated carbocycles. The fourth-order valence-corrected chi connectivity index (χ4v) is 3.53. The highest BCUT2D eigenvalue weighted by atomic mass is 32.1. The van der Waals surface area contributed by atoms with E-state index in [-0.39, 0.29) is 11.9 Å². The van der Waals surface area contributed by atoms with E-state index in [0.29, 0.717) is 17.7 Å². The summed E-state index contributed by atoms with van der Waals surface area (Å²) in [5.74, 6) is 0.670.